The van der Waals surface area contributed by atoms with E-state index >= 15 is 0 Å². The van der Waals surface area contributed by atoms with Gasteiger partial charge in [0.2, 0.25) is 5.91 Å². The Labute approximate surface area is 165 Å². The monoisotopic (exact) mass is 382 g/mol. The van der Waals surface area contributed by atoms with Gasteiger partial charge in [0.25, 0.3) is 5.91 Å². The first kappa shape index (κ1) is 21.0. The standard InChI is InChI=1S/C22H26N2O4/c1-16(2)15-28-19-11-9-17(13-20(19)27-3)10-12-22(26)24(14-21(23)25)18-7-5-4-6-8-18/h4-13,16H,14-15H2,1-3H3,(H2,23,25). The van der Waals surface area contributed by atoms with Crippen molar-refractivity contribution in [3.05, 3.63) is 60.2 Å². The molecule has 0 aliphatic heterocycles. The Balaban J connectivity index is 2.18. The summed E-state index contributed by atoms with van der Waals surface area (Å²) in [6.07, 6.45) is 3.06. The van der Waals surface area contributed by atoms with Crippen LogP contribution in [0.3, 0.4) is 0 Å². The molecule has 6 heteroatoms. The van der Waals surface area contributed by atoms with Crippen LogP contribution in [-0.2, 0) is 9.59 Å². The first-order valence-corrected chi connectivity index (χ1v) is 9.04. The van der Waals surface area contributed by atoms with Gasteiger partial charge in [0.05, 0.1) is 13.7 Å². The Bertz CT molecular complexity index is 832. The van der Waals surface area contributed by atoms with Gasteiger partial charge in [0, 0.05) is 11.8 Å². The van der Waals surface area contributed by atoms with Gasteiger partial charge in [-0.25, -0.2) is 0 Å². The molecule has 2 amide bonds. The molecule has 0 radical (unpaired) electrons. The molecular weight excluding hydrogens is 356 g/mol. The minimum Gasteiger partial charge on any atom is -0.493 e. The van der Waals surface area contributed by atoms with Crippen molar-refractivity contribution in [3.8, 4) is 11.5 Å². The Morgan fingerprint density at radius 3 is 2.43 bits per heavy atom. The molecule has 2 rings (SSSR count). The summed E-state index contributed by atoms with van der Waals surface area (Å²) in [4.78, 5) is 25.3. The largest absolute Gasteiger partial charge is 0.493 e. The molecule has 0 aliphatic rings. The van der Waals surface area contributed by atoms with Crippen molar-refractivity contribution in [3.63, 3.8) is 0 Å². The summed E-state index contributed by atoms with van der Waals surface area (Å²) in [7, 11) is 1.57. The average molecular weight is 382 g/mol. The molecule has 0 spiro atoms. The number of hydrogen-bond donors (Lipinski definition) is 1. The fourth-order valence-corrected chi connectivity index (χ4v) is 2.48. The molecule has 6 nitrogen and oxygen atoms in total. The molecule has 0 saturated heterocycles. The molecule has 148 valence electrons. The molecule has 0 unspecified atom stereocenters. The van der Waals surface area contributed by atoms with Crippen LogP contribution in [0.25, 0.3) is 6.08 Å². The number of benzene rings is 2. The van der Waals surface area contributed by atoms with Gasteiger partial charge in [-0.15, -0.1) is 0 Å². The number of amides is 2. The SMILES string of the molecule is COc1cc(C=CC(=O)N(CC(N)=O)c2ccccc2)ccc1OCC(C)C. The molecule has 0 aromatic heterocycles. The quantitative estimate of drug-likeness (QED) is 0.675. The third-order valence-corrected chi connectivity index (χ3v) is 3.83. The van der Waals surface area contributed by atoms with E-state index in [4.69, 9.17) is 15.2 Å². The molecule has 0 saturated carbocycles. The molecule has 2 aromatic rings. The first-order valence-electron chi connectivity index (χ1n) is 9.04. The second kappa shape index (κ2) is 10.2. The summed E-state index contributed by atoms with van der Waals surface area (Å²) in [6, 6.07) is 14.4. The lowest BCUT2D eigenvalue weighted by Gasteiger charge is -2.19. The molecule has 2 aromatic carbocycles. The normalized spacial score (nSPS) is 10.9. The van der Waals surface area contributed by atoms with E-state index in [1.165, 1.54) is 11.0 Å². The van der Waals surface area contributed by atoms with Crippen LogP contribution in [0.15, 0.2) is 54.6 Å². The number of anilines is 1. The average Bonchev–Trinajstić information content (AvgIpc) is 2.69. The zero-order chi connectivity index (χ0) is 20.5. The predicted molar refractivity (Wildman–Crippen MR) is 110 cm³/mol. The number of hydrogen-bond acceptors (Lipinski definition) is 4. The van der Waals surface area contributed by atoms with Gasteiger partial charge in [-0.05, 0) is 41.8 Å². The van der Waals surface area contributed by atoms with Crippen molar-refractivity contribution >= 4 is 23.6 Å². The van der Waals surface area contributed by atoms with E-state index in [1.54, 1.807) is 43.5 Å². The van der Waals surface area contributed by atoms with Crippen molar-refractivity contribution in [2.45, 2.75) is 13.8 Å². The van der Waals surface area contributed by atoms with Crippen molar-refractivity contribution in [1.82, 2.24) is 0 Å². The van der Waals surface area contributed by atoms with E-state index in [0.29, 0.717) is 29.7 Å². The topological polar surface area (TPSA) is 81.9 Å². The lowest BCUT2D eigenvalue weighted by Crippen LogP contribution is -2.37. The highest BCUT2D eigenvalue weighted by molar-refractivity contribution is 6.06. The summed E-state index contributed by atoms with van der Waals surface area (Å²) in [6.45, 7) is 4.53. The highest BCUT2D eigenvalue weighted by Crippen LogP contribution is 2.29. The van der Waals surface area contributed by atoms with Gasteiger partial charge in [0.15, 0.2) is 11.5 Å². The zero-order valence-corrected chi connectivity index (χ0v) is 16.4. The highest BCUT2D eigenvalue weighted by Gasteiger charge is 2.15. The number of para-hydroxylation sites is 1. The van der Waals surface area contributed by atoms with Crippen LogP contribution in [-0.4, -0.2) is 32.1 Å². The number of ether oxygens (including phenoxy) is 2. The molecule has 28 heavy (non-hydrogen) atoms. The Kier molecular flexibility index (Phi) is 7.63. The van der Waals surface area contributed by atoms with Crippen LogP contribution in [0.1, 0.15) is 19.4 Å². The van der Waals surface area contributed by atoms with Gasteiger partial charge < -0.3 is 15.2 Å². The summed E-state index contributed by atoms with van der Waals surface area (Å²) in [5, 5.41) is 0. The molecule has 0 fully saturated rings. The molecule has 2 N–H and O–H groups in total. The minimum absolute atomic E-state index is 0.196. The Morgan fingerprint density at radius 2 is 1.82 bits per heavy atom. The summed E-state index contributed by atoms with van der Waals surface area (Å²) >= 11 is 0. The van der Waals surface area contributed by atoms with Gasteiger partial charge in [-0.3, -0.25) is 14.5 Å². The maximum absolute atomic E-state index is 12.6. The number of carbonyl (C=O) groups is 2. The van der Waals surface area contributed by atoms with Crippen molar-refractivity contribution in [2.24, 2.45) is 11.7 Å². The van der Waals surface area contributed by atoms with E-state index in [-0.39, 0.29) is 12.5 Å². The number of primary amides is 1. The molecule has 0 aliphatic carbocycles. The molecular formula is C22H26N2O4. The van der Waals surface area contributed by atoms with E-state index in [0.717, 1.165) is 5.56 Å². The van der Waals surface area contributed by atoms with E-state index in [9.17, 15) is 9.59 Å². The predicted octanol–water partition coefficient (Wildman–Crippen LogP) is 3.26. The van der Waals surface area contributed by atoms with Gasteiger partial charge in [0.1, 0.15) is 6.54 Å². The third kappa shape index (κ3) is 6.16. The maximum atomic E-state index is 12.6. The fraction of sp³-hybridized carbons (Fsp3) is 0.273. The number of carbonyl (C=O) groups excluding carboxylic acids is 2. The fourth-order valence-electron chi connectivity index (χ4n) is 2.48. The van der Waals surface area contributed by atoms with Crippen LogP contribution < -0.4 is 20.1 Å². The lowest BCUT2D eigenvalue weighted by atomic mass is 10.1. The lowest BCUT2D eigenvalue weighted by molar-refractivity contribution is -0.120. The first-order chi connectivity index (χ1) is 13.4. The number of nitrogens with zero attached hydrogens (tertiary/aromatic N) is 1. The van der Waals surface area contributed by atoms with Crippen LogP contribution in [0, 0.1) is 5.92 Å². The number of methoxy groups -OCH3 is 1. The van der Waals surface area contributed by atoms with E-state index in [1.807, 2.05) is 18.2 Å². The van der Waals surface area contributed by atoms with Crippen LogP contribution in [0.4, 0.5) is 5.69 Å². The Hall–Kier alpha value is -3.28. The zero-order valence-electron chi connectivity index (χ0n) is 16.4. The molecule has 0 atom stereocenters. The minimum atomic E-state index is -0.584. The van der Waals surface area contributed by atoms with Crippen LogP contribution in [0.5, 0.6) is 11.5 Å². The number of nitrogens with two attached hydrogens (primary N) is 1. The summed E-state index contributed by atoms with van der Waals surface area (Å²) in [5.41, 5.74) is 6.67. The van der Waals surface area contributed by atoms with E-state index in [2.05, 4.69) is 13.8 Å². The summed E-state index contributed by atoms with van der Waals surface area (Å²) in [5.74, 6) is 0.714. The highest BCUT2D eigenvalue weighted by atomic mass is 16.5. The van der Waals surface area contributed by atoms with E-state index < -0.39 is 5.91 Å². The van der Waals surface area contributed by atoms with Crippen molar-refractivity contribution in [1.29, 1.82) is 0 Å². The Morgan fingerprint density at radius 1 is 1.11 bits per heavy atom. The van der Waals surface area contributed by atoms with Gasteiger partial charge >= 0.3 is 0 Å². The molecule has 0 heterocycles. The van der Waals surface area contributed by atoms with Crippen LogP contribution in [0.2, 0.25) is 0 Å². The maximum Gasteiger partial charge on any atom is 0.251 e. The third-order valence-electron chi connectivity index (χ3n) is 3.83. The van der Waals surface area contributed by atoms with Crippen molar-refractivity contribution in [2.75, 3.05) is 25.2 Å². The summed E-state index contributed by atoms with van der Waals surface area (Å²) < 4.78 is 11.1. The molecule has 0 bridgehead atoms. The second-order valence-corrected chi connectivity index (χ2v) is 6.67. The second-order valence-electron chi connectivity index (χ2n) is 6.67. The smallest absolute Gasteiger partial charge is 0.251 e. The number of rotatable bonds is 9. The van der Waals surface area contributed by atoms with Gasteiger partial charge in [-0.1, -0.05) is 38.1 Å². The van der Waals surface area contributed by atoms with Crippen molar-refractivity contribution < 1.29 is 19.1 Å². The van der Waals surface area contributed by atoms with Gasteiger partial charge in [-0.2, -0.15) is 0 Å². The van der Waals surface area contributed by atoms with Crippen LogP contribution >= 0.6 is 0 Å².